The molecular weight excluding hydrogens is 3610 g/mol. The molecule has 0 atom stereocenters. The zero-order valence-electron chi connectivity index (χ0n) is 100. The van der Waals surface area contributed by atoms with Crippen LogP contribution in [-0.2, 0) is 0 Å². The summed E-state index contributed by atoms with van der Waals surface area (Å²) in [6.45, 7) is 0. The quantitative estimate of drug-likeness (QED) is 0.212. The summed E-state index contributed by atoms with van der Waals surface area (Å²) in [7, 11) is 0. The topological polar surface area (TPSA) is 0 Å². The summed E-state index contributed by atoms with van der Waals surface area (Å²) >= 11 is 0. The van der Waals surface area contributed by atoms with Gasteiger partial charge in [0.25, 0.3) is 0 Å². The Balaban J connectivity index is 0. The van der Waals surface area contributed by atoms with E-state index in [0.29, 0.717) is 0 Å². The van der Waals surface area contributed by atoms with Crippen LogP contribution in [0.25, 0.3) is 0 Å². The molecule has 0 spiro atoms. The van der Waals surface area contributed by atoms with E-state index >= 15 is 0 Å². The molecular formula is H50Cl50Na80+80. The van der Waals surface area contributed by atoms with E-state index < -0.39 is 0 Å². The Morgan fingerprint density at radius 3 is 0.0154 bits per heavy atom. The van der Waals surface area contributed by atoms with Crippen LogP contribution < -0.4 is 2360 Å². The minimum absolute atomic E-state index is 0. The van der Waals surface area contributed by atoms with E-state index in [1.807, 2.05) is 0 Å². The number of hydrogen-bond donors (Lipinski definition) is 0. The van der Waals surface area contributed by atoms with Gasteiger partial charge in [-0.1, -0.05) is 0 Å². The van der Waals surface area contributed by atoms with Gasteiger partial charge in [-0.25, -0.2) is 0 Å². The van der Waals surface area contributed by atoms with Crippen molar-refractivity contribution in [3.05, 3.63) is 0 Å². The molecule has 130 heavy (non-hydrogen) atoms. The summed E-state index contributed by atoms with van der Waals surface area (Å²) in [5, 5.41) is 0. The summed E-state index contributed by atoms with van der Waals surface area (Å²) in [4.78, 5) is 0. The molecule has 130 heteroatoms. The Morgan fingerprint density at radius 2 is 0.0154 bits per heavy atom. The summed E-state index contributed by atoms with van der Waals surface area (Å²) in [5.41, 5.74) is 0. The Bertz CT molecular complexity index is 125. The van der Waals surface area contributed by atoms with Gasteiger partial charge in [0.05, 0.1) is 0 Å². The molecule has 0 saturated carbocycles. The second-order valence-corrected chi connectivity index (χ2v) is 0. The van der Waals surface area contributed by atoms with Gasteiger partial charge in [0.15, 0.2) is 0 Å². The van der Waals surface area contributed by atoms with E-state index in [0.717, 1.165) is 0 Å². The van der Waals surface area contributed by atoms with Crippen molar-refractivity contribution in [2.75, 3.05) is 0 Å². The third-order valence-electron chi connectivity index (χ3n) is 0. The molecule has 0 radical (unpaired) electrons. The second kappa shape index (κ2) is 1240. The van der Waals surface area contributed by atoms with Crippen LogP contribution in [0.5, 0.6) is 0 Å². The van der Waals surface area contributed by atoms with Crippen LogP contribution in [-0.4, -0.2) is 0 Å². The molecule has 400 valence electrons. The third-order valence-corrected chi connectivity index (χ3v) is 0. The van der Waals surface area contributed by atoms with Gasteiger partial charge in [-0.2, -0.15) is 0 Å². The van der Waals surface area contributed by atoms with Crippen molar-refractivity contribution in [1.82, 2.24) is 0 Å². The van der Waals surface area contributed by atoms with Crippen molar-refractivity contribution in [3.8, 4) is 0 Å². The van der Waals surface area contributed by atoms with Crippen molar-refractivity contribution in [2.45, 2.75) is 0 Å². The predicted octanol–water partition coefficient (Wildman–Crippen LogP) is -219. The number of rotatable bonds is 0. The SMILES string of the molecule is Cl.Cl.Cl.Cl.Cl.Cl.Cl.Cl.Cl.Cl.Cl.Cl.Cl.Cl.Cl.Cl.Cl.Cl.Cl.Cl.Cl.Cl.Cl.Cl.Cl.Cl.Cl.Cl.Cl.Cl.Cl.Cl.Cl.Cl.Cl.Cl.Cl.Cl.Cl.Cl.Cl.Cl.Cl.Cl.Cl.Cl.Cl.Cl.Cl.Cl.[Na+].[Na+].[Na+].[Na+].[Na+].[Na+].[Na+].[Na+].[Na+].[Na+].[Na+].[Na+].[Na+].[Na+].[Na+].[Na+].[Na+].[Na+].[Na+].[Na+].[Na+].[Na+].[Na+].[Na+].[Na+].[Na+].[Na+].[Na+].[Na+].[Na+].[Na+].[Na+].[Na+].[Na+].[Na+].[Na+].[Na+].[Na+].[Na+].[Na+].[Na+].[Na+].[Na+].[Na+].[Na+].[Na+].[Na+].[Na+].[Na+].[Na+].[Na+].[Na+].[Na+].[Na+].[Na+].[Na+].[Na+].[Na+].[Na+].[Na+].[Na+].[Na+].[Na+].[Na+].[Na+].[Na+].[Na+].[Na+].[Na+].[Na+].[Na+].[Na+].[Na+].[Na+].[Na+].[Na+].[Na+].[Na+].[Na+].[Na+]. The summed E-state index contributed by atoms with van der Waals surface area (Å²) in [6, 6.07) is 0. The molecule has 0 saturated heterocycles. The zero-order valence-corrected chi connectivity index (χ0v) is 301. The van der Waals surface area contributed by atoms with Crippen LogP contribution in [0, 0.1) is 0 Å². The summed E-state index contributed by atoms with van der Waals surface area (Å²) in [6.07, 6.45) is 0. The molecule has 0 bridgehead atoms. The Kier molecular flexibility index (Phi) is 12000. The monoisotopic (exact) mass is 3640 g/mol. The van der Waals surface area contributed by atoms with Gasteiger partial charge < -0.3 is 0 Å². The molecule has 0 heterocycles. The largest absolute Gasteiger partial charge is 1.00 e. The van der Waals surface area contributed by atoms with E-state index in [4.69, 9.17) is 0 Å². The van der Waals surface area contributed by atoms with Crippen molar-refractivity contribution in [1.29, 1.82) is 0 Å². The fraction of sp³-hybridized carbons (Fsp3) is 0. The predicted molar refractivity (Wildman–Crippen MR) is 362 cm³/mol. The van der Waals surface area contributed by atoms with Crippen LogP contribution in [0.15, 0.2) is 0 Å². The van der Waals surface area contributed by atoms with Gasteiger partial charge in [-0.05, 0) is 0 Å². The summed E-state index contributed by atoms with van der Waals surface area (Å²) < 4.78 is 0. The second-order valence-electron chi connectivity index (χ2n) is 0. The molecule has 0 rings (SSSR count). The maximum atomic E-state index is 0. The van der Waals surface area contributed by atoms with E-state index in [1.54, 1.807) is 0 Å². The van der Waals surface area contributed by atoms with Gasteiger partial charge in [0.2, 0.25) is 0 Å². The van der Waals surface area contributed by atoms with E-state index in [9.17, 15) is 0 Å². The molecule has 0 aromatic carbocycles. The maximum Gasteiger partial charge on any atom is 1.00 e. The van der Waals surface area contributed by atoms with Crippen LogP contribution in [0.1, 0.15) is 0 Å². The standard InChI is InChI=1S/50ClH.80Na/h50*1H;;;;;;;;;;;;;;;;;;;;;;;;;;;;;;;;;;;;;;;;;;;;;;;;;;;;;;;;;;;;;;;;;;;;;;;;;;;;;;;;/q;;;;;;;;;;;;;;;;;;;;;;;;;;;;;;;;;;;;;;;;;;;;;;;;;;80*+1. The molecule has 0 nitrogen and oxygen atoms in total. The molecule has 0 amide bonds. The van der Waals surface area contributed by atoms with Crippen LogP contribution in [0.4, 0.5) is 0 Å². The molecule has 0 aromatic rings. The van der Waals surface area contributed by atoms with E-state index in [-0.39, 0.29) is 2980 Å². The van der Waals surface area contributed by atoms with Crippen LogP contribution >= 0.6 is 620 Å². The molecule has 0 aliphatic heterocycles. The first-order valence-electron chi connectivity index (χ1n) is 0. The molecule has 0 aromatic heterocycles. The molecule has 0 fully saturated rings. The van der Waals surface area contributed by atoms with Crippen molar-refractivity contribution in [3.63, 3.8) is 0 Å². The zero-order chi connectivity index (χ0) is 0. The Labute approximate surface area is 2880 Å². The van der Waals surface area contributed by atoms with Gasteiger partial charge in [0, 0.05) is 0 Å². The first kappa shape index (κ1) is 1260. The minimum Gasteiger partial charge on any atom is -0.147 e. The van der Waals surface area contributed by atoms with Crippen LogP contribution in [0.2, 0.25) is 0 Å². The first-order chi connectivity index (χ1) is 0. The Hall–Kier alpha value is 94.5. The van der Waals surface area contributed by atoms with Crippen molar-refractivity contribution >= 4 is 620 Å². The maximum absolute atomic E-state index is 0. The number of halogens is 50. The van der Waals surface area contributed by atoms with Crippen molar-refractivity contribution < 1.29 is 2360 Å². The Morgan fingerprint density at radius 1 is 0.0154 bits per heavy atom. The average Bonchev–Trinajstić information content (AvgIpc) is 0. The summed E-state index contributed by atoms with van der Waals surface area (Å²) in [5.74, 6) is 0. The van der Waals surface area contributed by atoms with E-state index in [2.05, 4.69) is 0 Å². The molecule has 0 aliphatic carbocycles. The van der Waals surface area contributed by atoms with Crippen molar-refractivity contribution in [2.24, 2.45) is 0 Å². The fourth-order valence-electron chi connectivity index (χ4n) is 0. The molecule has 0 N–H and O–H groups in total. The van der Waals surface area contributed by atoms with Gasteiger partial charge in [-0.3, -0.25) is 0 Å². The van der Waals surface area contributed by atoms with E-state index in [1.165, 1.54) is 0 Å². The van der Waals surface area contributed by atoms with Gasteiger partial charge in [0.1, 0.15) is 0 Å². The van der Waals surface area contributed by atoms with Gasteiger partial charge in [-0.15, -0.1) is 620 Å². The smallest absolute Gasteiger partial charge is 0.147 e. The minimum atomic E-state index is 0. The first-order valence-corrected chi connectivity index (χ1v) is 0. The van der Waals surface area contributed by atoms with Gasteiger partial charge >= 0.3 is 2360 Å². The molecule has 0 aliphatic rings. The molecule has 0 unspecified atom stereocenters. The normalized spacial score (nSPS) is 0. The van der Waals surface area contributed by atoms with Crippen LogP contribution in [0.3, 0.4) is 0 Å². The fourth-order valence-corrected chi connectivity index (χ4v) is 0. The third kappa shape index (κ3) is 1220. The number of hydrogen-bond acceptors (Lipinski definition) is 0. The average molecular weight is 3660 g/mol.